The Hall–Kier alpha value is -1.27. The van der Waals surface area contributed by atoms with Gasteiger partial charge >= 0.3 is 0 Å². The Morgan fingerprint density at radius 2 is 2.60 bits per heavy atom. The Balaban J connectivity index is 2.84. The van der Waals surface area contributed by atoms with Gasteiger partial charge in [-0.25, -0.2) is 4.98 Å². The lowest BCUT2D eigenvalue weighted by Crippen LogP contribution is -1.95. The van der Waals surface area contributed by atoms with E-state index in [9.17, 15) is 0 Å². The highest BCUT2D eigenvalue weighted by Crippen LogP contribution is 1.88. The van der Waals surface area contributed by atoms with Crippen molar-refractivity contribution in [1.29, 1.82) is 0 Å². The fraction of sp³-hybridized carbons (Fsp3) is 0.286. The molecule has 2 N–H and O–H groups in total. The Bertz CT molecular complexity index is 264. The molecule has 0 atom stereocenters. The van der Waals surface area contributed by atoms with Crippen LogP contribution in [0.1, 0.15) is 5.82 Å². The van der Waals surface area contributed by atoms with Crippen LogP contribution >= 0.6 is 0 Å². The van der Waals surface area contributed by atoms with Gasteiger partial charge in [0.1, 0.15) is 0 Å². The van der Waals surface area contributed by atoms with Gasteiger partial charge in [-0.15, -0.1) is 0 Å². The first-order valence-electron chi connectivity index (χ1n) is 3.01. The van der Waals surface area contributed by atoms with Gasteiger partial charge in [-0.05, 0) is 5.92 Å². The quantitative estimate of drug-likeness (QED) is 0.498. The molecule has 1 aromatic heterocycles. The van der Waals surface area contributed by atoms with Crippen molar-refractivity contribution in [1.82, 2.24) is 9.55 Å². The van der Waals surface area contributed by atoms with E-state index >= 15 is 0 Å². The van der Waals surface area contributed by atoms with E-state index in [0.717, 1.165) is 5.82 Å². The smallest absolute Gasteiger partial charge is 0.185 e. The van der Waals surface area contributed by atoms with Gasteiger partial charge in [-0.2, -0.15) is 0 Å². The summed E-state index contributed by atoms with van der Waals surface area (Å²) >= 11 is 0. The maximum Gasteiger partial charge on any atom is 0.185 e. The van der Waals surface area contributed by atoms with Gasteiger partial charge < -0.3 is 10.3 Å². The van der Waals surface area contributed by atoms with Crippen LogP contribution in [-0.2, 0) is 7.05 Å². The second kappa shape index (κ2) is 3.04. The molecule has 52 valence electrons. The minimum Gasteiger partial charge on any atom is -0.327 e. The molecule has 0 fully saturated rings. The molecular weight excluding hydrogens is 126 g/mol. The van der Waals surface area contributed by atoms with Crippen molar-refractivity contribution in [2.45, 2.75) is 0 Å². The molecule has 3 heteroatoms. The molecule has 0 radical (unpaired) electrons. The maximum atomic E-state index is 5.18. The molecule has 0 aliphatic heterocycles. The van der Waals surface area contributed by atoms with Crippen molar-refractivity contribution >= 4 is 0 Å². The molecule has 0 aromatic carbocycles. The van der Waals surface area contributed by atoms with Crippen LogP contribution in [0, 0.1) is 11.8 Å². The molecule has 0 saturated carbocycles. The van der Waals surface area contributed by atoms with E-state index in [-0.39, 0.29) is 0 Å². The summed E-state index contributed by atoms with van der Waals surface area (Å²) in [5.41, 5.74) is 5.18. The van der Waals surface area contributed by atoms with E-state index in [1.807, 2.05) is 17.8 Å². The molecular formula is C7H9N3. The third-order valence-corrected chi connectivity index (χ3v) is 1.12. The van der Waals surface area contributed by atoms with Crippen LogP contribution in [0.3, 0.4) is 0 Å². The summed E-state index contributed by atoms with van der Waals surface area (Å²) < 4.78 is 1.85. The summed E-state index contributed by atoms with van der Waals surface area (Å²) in [6.45, 7) is 0.382. The minimum absolute atomic E-state index is 0.382. The van der Waals surface area contributed by atoms with Crippen molar-refractivity contribution in [2.24, 2.45) is 12.8 Å². The number of imidazole rings is 1. The van der Waals surface area contributed by atoms with Crippen LogP contribution in [0.15, 0.2) is 12.4 Å². The fourth-order valence-corrected chi connectivity index (χ4v) is 0.616. The number of hydrogen-bond acceptors (Lipinski definition) is 2. The average molecular weight is 135 g/mol. The molecule has 1 heterocycles. The maximum absolute atomic E-state index is 5.18. The Morgan fingerprint density at radius 1 is 1.80 bits per heavy atom. The number of aromatic nitrogens is 2. The van der Waals surface area contributed by atoms with Crippen molar-refractivity contribution in [3.8, 4) is 11.8 Å². The molecule has 0 unspecified atom stereocenters. The van der Waals surface area contributed by atoms with Crippen molar-refractivity contribution in [3.05, 3.63) is 18.2 Å². The highest BCUT2D eigenvalue weighted by atomic mass is 15.0. The number of aryl methyl sites for hydroxylation is 1. The van der Waals surface area contributed by atoms with Crippen LogP contribution in [0.4, 0.5) is 0 Å². The zero-order chi connectivity index (χ0) is 7.40. The zero-order valence-corrected chi connectivity index (χ0v) is 5.83. The topological polar surface area (TPSA) is 43.8 Å². The lowest BCUT2D eigenvalue weighted by Gasteiger charge is -1.87. The normalized spacial score (nSPS) is 8.60. The first-order valence-corrected chi connectivity index (χ1v) is 3.01. The van der Waals surface area contributed by atoms with E-state index in [4.69, 9.17) is 5.73 Å². The van der Waals surface area contributed by atoms with E-state index in [0.29, 0.717) is 6.54 Å². The van der Waals surface area contributed by atoms with Crippen LogP contribution in [0.2, 0.25) is 0 Å². The molecule has 1 rings (SSSR count). The van der Waals surface area contributed by atoms with Gasteiger partial charge in [0.05, 0.1) is 6.54 Å². The predicted molar refractivity (Wildman–Crippen MR) is 39.1 cm³/mol. The molecule has 0 aliphatic rings. The van der Waals surface area contributed by atoms with Gasteiger partial charge in [0.15, 0.2) is 5.82 Å². The van der Waals surface area contributed by atoms with Crippen molar-refractivity contribution in [3.63, 3.8) is 0 Å². The number of hydrogen-bond donors (Lipinski definition) is 1. The largest absolute Gasteiger partial charge is 0.327 e. The first kappa shape index (κ1) is 6.84. The van der Waals surface area contributed by atoms with Gasteiger partial charge in [-0.1, -0.05) is 5.92 Å². The molecule has 1 aromatic rings. The van der Waals surface area contributed by atoms with Gasteiger partial charge in [-0.3, -0.25) is 0 Å². The van der Waals surface area contributed by atoms with Crippen LogP contribution in [0.25, 0.3) is 0 Å². The SMILES string of the molecule is Cn1ccnc1C#CCN. The summed E-state index contributed by atoms with van der Waals surface area (Å²) in [7, 11) is 1.90. The molecule has 0 amide bonds. The first-order chi connectivity index (χ1) is 4.84. The highest BCUT2D eigenvalue weighted by Gasteiger charge is 1.89. The molecule has 0 bridgehead atoms. The fourth-order valence-electron chi connectivity index (χ4n) is 0.616. The molecule has 0 aliphatic carbocycles. The van der Waals surface area contributed by atoms with E-state index < -0.39 is 0 Å². The third-order valence-electron chi connectivity index (χ3n) is 1.12. The van der Waals surface area contributed by atoms with Crippen LogP contribution in [0.5, 0.6) is 0 Å². The van der Waals surface area contributed by atoms with E-state index in [1.165, 1.54) is 0 Å². The van der Waals surface area contributed by atoms with Crippen molar-refractivity contribution in [2.75, 3.05) is 6.54 Å². The van der Waals surface area contributed by atoms with Gasteiger partial charge in [0.25, 0.3) is 0 Å². The molecule has 10 heavy (non-hydrogen) atoms. The number of nitrogens with two attached hydrogens (primary N) is 1. The highest BCUT2D eigenvalue weighted by molar-refractivity contribution is 5.21. The standard InChI is InChI=1S/C7H9N3/c1-10-6-5-9-7(10)3-2-4-8/h5-6H,4,8H2,1H3. The summed E-state index contributed by atoms with van der Waals surface area (Å²) in [4.78, 5) is 3.99. The number of rotatable bonds is 0. The zero-order valence-electron chi connectivity index (χ0n) is 5.83. The number of nitrogens with zero attached hydrogens (tertiary/aromatic N) is 2. The van der Waals surface area contributed by atoms with Crippen LogP contribution in [-0.4, -0.2) is 16.1 Å². The Labute approximate surface area is 59.9 Å². The monoisotopic (exact) mass is 135 g/mol. The van der Waals surface area contributed by atoms with Crippen LogP contribution < -0.4 is 5.73 Å². The van der Waals surface area contributed by atoms with Gasteiger partial charge in [0, 0.05) is 19.4 Å². The molecule has 0 saturated heterocycles. The van der Waals surface area contributed by atoms with Gasteiger partial charge in [0.2, 0.25) is 0 Å². The Morgan fingerprint density at radius 3 is 3.10 bits per heavy atom. The van der Waals surface area contributed by atoms with E-state index in [1.54, 1.807) is 6.20 Å². The summed E-state index contributed by atoms with van der Waals surface area (Å²) in [6.07, 6.45) is 3.56. The average Bonchev–Trinajstić information content (AvgIpc) is 2.31. The lowest BCUT2D eigenvalue weighted by molar-refractivity contribution is 0.893. The minimum atomic E-state index is 0.382. The second-order valence-electron chi connectivity index (χ2n) is 1.87. The molecule has 0 spiro atoms. The summed E-state index contributed by atoms with van der Waals surface area (Å²) in [5, 5.41) is 0. The van der Waals surface area contributed by atoms with E-state index in [2.05, 4.69) is 16.8 Å². The lowest BCUT2D eigenvalue weighted by atomic mass is 10.5. The summed E-state index contributed by atoms with van der Waals surface area (Å²) in [5.74, 6) is 6.31. The van der Waals surface area contributed by atoms with Crippen molar-refractivity contribution < 1.29 is 0 Å². The second-order valence-corrected chi connectivity index (χ2v) is 1.87. The Kier molecular flexibility index (Phi) is 2.08. The third kappa shape index (κ3) is 1.36. The predicted octanol–water partition coefficient (Wildman–Crippen LogP) is -0.270. The summed E-state index contributed by atoms with van der Waals surface area (Å²) in [6, 6.07) is 0. The molecule has 3 nitrogen and oxygen atoms in total.